The second-order valence-corrected chi connectivity index (χ2v) is 5.13. The molecular formula is C8H16N4O4S. The Morgan fingerprint density at radius 1 is 1.47 bits per heavy atom. The zero-order valence-corrected chi connectivity index (χ0v) is 10.4. The average Bonchev–Trinajstić information content (AvgIpc) is 2.28. The molecule has 0 spiro atoms. The van der Waals surface area contributed by atoms with E-state index in [2.05, 4.69) is 19.5 Å². The van der Waals surface area contributed by atoms with Crippen LogP contribution in [0.5, 0.6) is 0 Å². The van der Waals surface area contributed by atoms with Crippen LogP contribution in [0.3, 0.4) is 0 Å². The van der Waals surface area contributed by atoms with Crippen LogP contribution < -0.4 is 4.72 Å². The van der Waals surface area contributed by atoms with Crippen molar-refractivity contribution in [2.24, 2.45) is 5.11 Å². The summed E-state index contributed by atoms with van der Waals surface area (Å²) in [7, 11) is -2.11. The van der Waals surface area contributed by atoms with Crippen LogP contribution in [0.4, 0.5) is 0 Å². The Morgan fingerprint density at radius 3 is 2.76 bits per heavy atom. The molecule has 0 aromatic heterocycles. The number of esters is 1. The maximum absolute atomic E-state index is 11.4. The van der Waals surface area contributed by atoms with Crippen LogP contribution >= 0.6 is 0 Å². The zero-order chi connectivity index (χ0) is 13.1. The summed E-state index contributed by atoms with van der Waals surface area (Å²) >= 11 is 0. The Kier molecular flexibility index (Phi) is 8.12. The van der Waals surface area contributed by atoms with Crippen LogP contribution in [0.15, 0.2) is 5.11 Å². The molecule has 0 aromatic rings. The monoisotopic (exact) mass is 264 g/mol. The van der Waals surface area contributed by atoms with Crippen molar-refractivity contribution < 1.29 is 17.9 Å². The molecule has 8 nitrogen and oxygen atoms in total. The number of hydrogen-bond donors (Lipinski definition) is 1. The Hall–Kier alpha value is -1.31. The lowest BCUT2D eigenvalue weighted by Crippen LogP contribution is -2.28. The van der Waals surface area contributed by atoms with Gasteiger partial charge >= 0.3 is 5.97 Å². The van der Waals surface area contributed by atoms with E-state index in [1.165, 1.54) is 7.11 Å². The fourth-order valence-corrected chi connectivity index (χ4v) is 2.13. The number of rotatable bonds is 9. The van der Waals surface area contributed by atoms with Gasteiger partial charge in [-0.05, 0) is 18.4 Å². The molecule has 0 aliphatic carbocycles. The highest BCUT2D eigenvalue weighted by atomic mass is 32.2. The standard InChI is InChI=1S/C8H16N4O4S/c1-16-8(13)4-2-7-17(14,15)11-6-3-5-10-12-9/h11H,2-7H2,1H3. The quantitative estimate of drug-likeness (QED) is 0.215. The van der Waals surface area contributed by atoms with Gasteiger partial charge in [0, 0.05) is 24.4 Å². The first kappa shape index (κ1) is 15.7. The molecule has 0 saturated heterocycles. The lowest BCUT2D eigenvalue weighted by molar-refractivity contribution is -0.140. The van der Waals surface area contributed by atoms with E-state index in [-0.39, 0.29) is 31.7 Å². The lowest BCUT2D eigenvalue weighted by atomic mass is 10.3. The van der Waals surface area contributed by atoms with Crippen LogP contribution in [-0.4, -0.2) is 40.3 Å². The van der Waals surface area contributed by atoms with Crippen molar-refractivity contribution in [2.75, 3.05) is 26.0 Å². The number of azide groups is 1. The topological polar surface area (TPSA) is 121 Å². The van der Waals surface area contributed by atoms with Crippen LogP contribution in [-0.2, 0) is 19.6 Å². The number of carbonyl (C=O) groups is 1. The molecule has 0 unspecified atom stereocenters. The van der Waals surface area contributed by atoms with Crippen molar-refractivity contribution in [1.82, 2.24) is 4.72 Å². The largest absolute Gasteiger partial charge is 0.469 e. The van der Waals surface area contributed by atoms with E-state index in [0.29, 0.717) is 6.42 Å². The molecule has 0 amide bonds. The van der Waals surface area contributed by atoms with Crippen molar-refractivity contribution in [3.05, 3.63) is 10.4 Å². The molecule has 17 heavy (non-hydrogen) atoms. The van der Waals surface area contributed by atoms with Gasteiger partial charge in [-0.25, -0.2) is 13.1 Å². The first-order valence-corrected chi connectivity index (χ1v) is 6.72. The van der Waals surface area contributed by atoms with Crippen molar-refractivity contribution in [2.45, 2.75) is 19.3 Å². The fraction of sp³-hybridized carbons (Fsp3) is 0.875. The number of hydrogen-bond acceptors (Lipinski definition) is 5. The van der Waals surface area contributed by atoms with Gasteiger partial charge in [-0.3, -0.25) is 4.79 Å². The van der Waals surface area contributed by atoms with E-state index < -0.39 is 16.0 Å². The average molecular weight is 264 g/mol. The van der Waals surface area contributed by atoms with Gasteiger partial charge in [0.05, 0.1) is 12.9 Å². The Labute approximate surface area is 100 Å². The Bertz CT molecular complexity index is 375. The fourth-order valence-electron chi connectivity index (χ4n) is 1.00. The van der Waals surface area contributed by atoms with Crippen molar-refractivity contribution in [3.63, 3.8) is 0 Å². The lowest BCUT2D eigenvalue weighted by Gasteiger charge is -2.05. The van der Waals surface area contributed by atoms with Crippen LogP contribution in [0.25, 0.3) is 10.4 Å². The van der Waals surface area contributed by atoms with Crippen molar-refractivity contribution in [1.29, 1.82) is 0 Å². The smallest absolute Gasteiger partial charge is 0.305 e. The summed E-state index contributed by atoms with van der Waals surface area (Å²) in [5.41, 5.74) is 7.99. The summed E-state index contributed by atoms with van der Waals surface area (Å²) in [4.78, 5) is 13.3. The minimum absolute atomic E-state index is 0.0795. The van der Waals surface area contributed by atoms with Gasteiger partial charge in [0.1, 0.15) is 0 Å². The minimum atomic E-state index is -3.37. The van der Waals surface area contributed by atoms with E-state index >= 15 is 0 Å². The van der Waals surface area contributed by atoms with Gasteiger partial charge < -0.3 is 4.74 Å². The molecule has 1 N–H and O–H groups in total. The van der Waals surface area contributed by atoms with Crippen molar-refractivity contribution >= 4 is 16.0 Å². The molecule has 0 rings (SSSR count). The summed E-state index contributed by atoms with van der Waals surface area (Å²) in [6.07, 6.45) is 0.745. The predicted octanol–water partition coefficient (Wildman–Crippen LogP) is 0.559. The molecule has 0 saturated carbocycles. The van der Waals surface area contributed by atoms with Gasteiger partial charge in [-0.2, -0.15) is 0 Å². The number of nitrogens with one attached hydrogen (secondary N) is 1. The van der Waals surface area contributed by atoms with Gasteiger partial charge in [0.2, 0.25) is 10.0 Å². The molecule has 0 aromatic carbocycles. The summed E-state index contributed by atoms with van der Waals surface area (Å²) in [5, 5.41) is 3.27. The summed E-state index contributed by atoms with van der Waals surface area (Å²) in [6.45, 7) is 0.473. The number of ether oxygens (including phenoxy) is 1. The molecule has 0 atom stereocenters. The number of nitrogens with zero attached hydrogens (tertiary/aromatic N) is 3. The van der Waals surface area contributed by atoms with Crippen molar-refractivity contribution in [3.8, 4) is 0 Å². The summed E-state index contributed by atoms with van der Waals surface area (Å²) < 4.78 is 29.5. The number of carbonyl (C=O) groups excluding carboxylic acids is 1. The normalized spacial score (nSPS) is 10.6. The molecule has 98 valence electrons. The zero-order valence-electron chi connectivity index (χ0n) is 9.63. The molecule has 9 heteroatoms. The first-order valence-electron chi connectivity index (χ1n) is 5.07. The van der Waals surface area contributed by atoms with Crippen LogP contribution in [0.2, 0.25) is 0 Å². The summed E-state index contributed by atoms with van der Waals surface area (Å²) in [5.74, 6) is -0.549. The third-order valence-electron chi connectivity index (χ3n) is 1.84. The van der Waals surface area contributed by atoms with Crippen LogP contribution in [0.1, 0.15) is 19.3 Å². The Morgan fingerprint density at radius 2 is 2.18 bits per heavy atom. The molecule has 0 aliphatic rings. The van der Waals surface area contributed by atoms with E-state index in [1.807, 2.05) is 0 Å². The predicted molar refractivity (Wildman–Crippen MR) is 61.7 cm³/mol. The Balaban J connectivity index is 3.73. The molecule has 0 heterocycles. The van der Waals surface area contributed by atoms with E-state index in [1.54, 1.807) is 0 Å². The molecule has 0 bridgehead atoms. The van der Waals surface area contributed by atoms with E-state index in [0.717, 1.165) is 0 Å². The van der Waals surface area contributed by atoms with Gasteiger partial charge in [-0.1, -0.05) is 5.11 Å². The van der Waals surface area contributed by atoms with E-state index in [9.17, 15) is 13.2 Å². The SMILES string of the molecule is COC(=O)CCCS(=O)(=O)NCCCN=[N+]=[N-]. The van der Waals surface area contributed by atoms with Crippen LogP contribution in [0, 0.1) is 0 Å². The maximum Gasteiger partial charge on any atom is 0.305 e. The molecule has 0 radical (unpaired) electrons. The van der Waals surface area contributed by atoms with Gasteiger partial charge in [0.15, 0.2) is 0 Å². The molecule has 0 fully saturated rings. The second kappa shape index (κ2) is 8.80. The number of sulfonamides is 1. The highest BCUT2D eigenvalue weighted by Crippen LogP contribution is 1.96. The third kappa shape index (κ3) is 9.61. The highest BCUT2D eigenvalue weighted by molar-refractivity contribution is 7.89. The third-order valence-corrected chi connectivity index (χ3v) is 3.31. The summed E-state index contributed by atoms with van der Waals surface area (Å²) in [6, 6.07) is 0. The minimum Gasteiger partial charge on any atom is -0.469 e. The van der Waals surface area contributed by atoms with Gasteiger partial charge in [0.25, 0.3) is 0 Å². The first-order chi connectivity index (χ1) is 8.02. The second-order valence-electron chi connectivity index (χ2n) is 3.20. The van der Waals surface area contributed by atoms with E-state index in [4.69, 9.17) is 5.53 Å². The molecular weight excluding hydrogens is 248 g/mol. The van der Waals surface area contributed by atoms with Gasteiger partial charge in [-0.15, -0.1) is 0 Å². The maximum atomic E-state index is 11.4. The number of methoxy groups -OCH3 is 1. The molecule has 0 aliphatic heterocycles. The highest BCUT2D eigenvalue weighted by Gasteiger charge is 2.10.